The lowest BCUT2D eigenvalue weighted by molar-refractivity contribution is 0.200. The lowest BCUT2D eigenvalue weighted by Gasteiger charge is -2.30. The van der Waals surface area contributed by atoms with Crippen molar-refractivity contribution >= 4 is 0 Å². The van der Waals surface area contributed by atoms with Crippen LogP contribution in [0.1, 0.15) is 66.0 Å². The third kappa shape index (κ3) is 6.09. The van der Waals surface area contributed by atoms with E-state index in [4.69, 9.17) is 4.74 Å². The largest absolute Gasteiger partial charge is 0.494 e. The lowest BCUT2D eigenvalue weighted by atomic mass is 9.90. The van der Waals surface area contributed by atoms with Gasteiger partial charge in [-0.1, -0.05) is 45.9 Å². The van der Waals surface area contributed by atoms with Crippen LogP contribution in [-0.2, 0) is 0 Å². The van der Waals surface area contributed by atoms with Crippen LogP contribution in [-0.4, -0.2) is 24.6 Å². The van der Waals surface area contributed by atoms with Crippen molar-refractivity contribution in [1.82, 2.24) is 4.90 Å². The molecule has 120 valence electrons. The van der Waals surface area contributed by atoms with Crippen molar-refractivity contribution in [3.8, 4) is 5.75 Å². The molecule has 1 aromatic carbocycles. The van der Waals surface area contributed by atoms with Gasteiger partial charge in [0.05, 0.1) is 6.61 Å². The molecule has 0 heterocycles. The molecule has 1 atom stereocenters. The second-order valence-electron chi connectivity index (χ2n) is 6.94. The smallest absolute Gasteiger partial charge is 0.124 e. The van der Waals surface area contributed by atoms with Gasteiger partial charge in [0.1, 0.15) is 5.75 Å². The Morgan fingerprint density at radius 2 is 1.81 bits per heavy atom. The van der Waals surface area contributed by atoms with Crippen LogP contribution in [0.25, 0.3) is 0 Å². The van der Waals surface area contributed by atoms with Gasteiger partial charge < -0.3 is 4.74 Å². The summed E-state index contributed by atoms with van der Waals surface area (Å²) in [7, 11) is 0. The van der Waals surface area contributed by atoms with Crippen LogP contribution >= 0.6 is 0 Å². The molecule has 1 unspecified atom stereocenters. The summed E-state index contributed by atoms with van der Waals surface area (Å²) in [4.78, 5) is 2.55. The van der Waals surface area contributed by atoms with Gasteiger partial charge in [0, 0.05) is 11.6 Å². The Balaban J connectivity index is 2.72. The van der Waals surface area contributed by atoms with E-state index >= 15 is 0 Å². The number of rotatable bonds is 8. The Morgan fingerprint density at radius 1 is 1.14 bits per heavy atom. The average Bonchev–Trinajstić information content (AvgIpc) is 2.43. The summed E-state index contributed by atoms with van der Waals surface area (Å²) in [6.45, 7) is 16.5. The van der Waals surface area contributed by atoms with Crippen LogP contribution in [0.2, 0.25) is 0 Å². The van der Waals surface area contributed by atoms with E-state index in [-0.39, 0.29) is 0 Å². The molecule has 2 nitrogen and oxygen atoms in total. The average molecular weight is 291 g/mol. The first kappa shape index (κ1) is 18.0. The number of ether oxygens (including phenoxy) is 1. The standard InChI is InChI=1S/C19H33NO/c1-7-20(15-11-14-19(4,5)6)16(3)17-12-9-10-13-18(17)21-8-2/h9-10,12-13,16H,7-8,11,14-15H2,1-6H3. The van der Waals surface area contributed by atoms with Crippen LogP contribution in [0.4, 0.5) is 0 Å². The fourth-order valence-corrected chi connectivity index (χ4v) is 2.75. The van der Waals surface area contributed by atoms with E-state index in [0.29, 0.717) is 11.5 Å². The molecule has 1 aromatic rings. The molecule has 1 rings (SSSR count). The zero-order valence-electron chi connectivity index (χ0n) is 14.8. The fourth-order valence-electron chi connectivity index (χ4n) is 2.75. The predicted octanol–water partition coefficient (Wildman–Crippen LogP) is 5.29. The molecule has 2 heteroatoms. The molecule has 0 saturated carbocycles. The summed E-state index contributed by atoms with van der Waals surface area (Å²) in [5.74, 6) is 1.03. The maximum absolute atomic E-state index is 5.78. The molecule has 0 aromatic heterocycles. The number of hydrogen-bond acceptors (Lipinski definition) is 2. The SMILES string of the molecule is CCOc1ccccc1C(C)N(CC)CCCC(C)(C)C. The minimum Gasteiger partial charge on any atom is -0.494 e. The minimum atomic E-state index is 0.401. The molecule has 0 aliphatic rings. The van der Waals surface area contributed by atoms with Crippen molar-refractivity contribution in [3.63, 3.8) is 0 Å². The normalized spacial score (nSPS) is 13.5. The maximum Gasteiger partial charge on any atom is 0.124 e. The van der Waals surface area contributed by atoms with Crippen LogP contribution < -0.4 is 4.74 Å². The van der Waals surface area contributed by atoms with Gasteiger partial charge in [-0.05, 0) is 51.3 Å². The van der Waals surface area contributed by atoms with Gasteiger partial charge in [-0.2, -0.15) is 0 Å². The summed E-state index contributed by atoms with van der Waals surface area (Å²) in [6, 6.07) is 8.84. The number of hydrogen-bond donors (Lipinski definition) is 0. The van der Waals surface area contributed by atoms with Crippen LogP contribution in [0.5, 0.6) is 5.75 Å². The highest BCUT2D eigenvalue weighted by molar-refractivity contribution is 5.35. The highest BCUT2D eigenvalue weighted by Gasteiger charge is 2.18. The van der Waals surface area contributed by atoms with Gasteiger partial charge in [-0.15, -0.1) is 0 Å². The molecule has 0 saturated heterocycles. The lowest BCUT2D eigenvalue weighted by Crippen LogP contribution is -2.29. The van der Waals surface area contributed by atoms with Crippen LogP contribution in [0, 0.1) is 5.41 Å². The molecule has 0 N–H and O–H groups in total. The molecule has 0 bridgehead atoms. The Bertz CT molecular complexity index is 408. The van der Waals surface area contributed by atoms with E-state index in [1.807, 2.05) is 6.92 Å². The third-order valence-electron chi connectivity index (χ3n) is 3.99. The first-order chi connectivity index (χ1) is 9.89. The first-order valence-electron chi connectivity index (χ1n) is 8.34. The Labute approximate surface area is 131 Å². The van der Waals surface area contributed by atoms with E-state index in [1.54, 1.807) is 0 Å². The van der Waals surface area contributed by atoms with Gasteiger partial charge >= 0.3 is 0 Å². The number of para-hydroxylation sites is 1. The van der Waals surface area contributed by atoms with Gasteiger partial charge in [0.25, 0.3) is 0 Å². The van der Waals surface area contributed by atoms with Gasteiger partial charge in [-0.3, -0.25) is 4.90 Å². The Kier molecular flexibility index (Phi) is 7.24. The topological polar surface area (TPSA) is 12.5 Å². The summed E-state index contributed by atoms with van der Waals surface area (Å²) < 4.78 is 5.78. The van der Waals surface area contributed by atoms with Gasteiger partial charge in [0.15, 0.2) is 0 Å². The third-order valence-corrected chi connectivity index (χ3v) is 3.99. The molecule has 0 aliphatic carbocycles. The predicted molar refractivity (Wildman–Crippen MR) is 92.0 cm³/mol. The van der Waals surface area contributed by atoms with E-state index in [9.17, 15) is 0 Å². The molecule has 0 fully saturated rings. The molecule has 21 heavy (non-hydrogen) atoms. The molecule has 0 spiro atoms. The summed E-state index contributed by atoms with van der Waals surface area (Å²) >= 11 is 0. The second kappa shape index (κ2) is 8.43. The zero-order chi connectivity index (χ0) is 15.9. The van der Waals surface area contributed by atoms with Crippen LogP contribution in [0.3, 0.4) is 0 Å². The monoisotopic (exact) mass is 291 g/mol. The zero-order valence-corrected chi connectivity index (χ0v) is 14.8. The number of nitrogens with zero attached hydrogens (tertiary/aromatic N) is 1. The highest BCUT2D eigenvalue weighted by Crippen LogP contribution is 2.30. The van der Waals surface area contributed by atoms with Crippen LogP contribution in [0.15, 0.2) is 24.3 Å². The summed E-state index contributed by atoms with van der Waals surface area (Å²) in [5, 5.41) is 0. The first-order valence-corrected chi connectivity index (χ1v) is 8.34. The number of benzene rings is 1. The minimum absolute atomic E-state index is 0.401. The second-order valence-corrected chi connectivity index (χ2v) is 6.94. The van der Waals surface area contributed by atoms with Gasteiger partial charge in [0.2, 0.25) is 0 Å². The Hall–Kier alpha value is -1.02. The van der Waals surface area contributed by atoms with Crippen molar-refractivity contribution in [3.05, 3.63) is 29.8 Å². The molecule has 0 amide bonds. The molecular formula is C19H33NO. The van der Waals surface area contributed by atoms with Gasteiger partial charge in [-0.25, -0.2) is 0 Å². The van der Waals surface area contributed by atoms with Crippen molar-refractivity contribution in [1.29, 1.82) is 0 Å². The summed E-state index contributed by atoms with van der Waals surface area (Å²) in [5.41, 5.74) is 1.73. The maximum atomic E-state index is 5.78. The van der Waals surface area contributed by atoms with E-state index < -0.39 is 0 Å². The summed E-state index contributed by atoms with van der Waals surface area (Å²) in [6.07, 6.45) is 2.52. The molecular weight excluding hydrogens is 258 g/mol. The van der Waals surface area contributed by atoms with Crippen molar-refractivity contribution < 1.29 is 4.74 Å². The highest BCUT2D eigenvalue weighted by atomic mass is 16.5. The van der Waals surface area contributed by atoms with Crippen molar-refractivity contribution in [2.24, 2.45) is 5.41 Å². The van der Waals surface area contributed by atoms with E-state index in [0.717, 1.165) is 25.4 Å². The van der Waals surface area contributed by atoms with Crippen molar-refractivity contribution in [2.75, 3.05) is 19.7 Å². The molecule has 0 aliphatic heterocycles. The van der Waals surface area contributed by atoms with Crippen molar-refractivity contribution in [2.45, 2.75) is 60.4 Å². The molecule has 0 radical (unpaired) electrons. The van der Waals surface area contributed by atoms with E-state index in [1.165, 1.54) is 18.4 Å². The quantitative estimate of drug-likeness (QED) is 0.645. The van der Waals surface area contributed by atoms with E-state index in [2.05, 4.69) is 63.8 Å². The Morgan fingerprint density at radius 3 is 2.38 bits per heavy atom. The fraction of sp³-hybridized carbons (Fsp3) is 0.684.